The van der Waals surface area contributed by atoms with Gasteiger partial charge in [0.05, 0.1) is 6.04 Å². The molecule has 0 aromatic carbocycles. The van der Waals surface area contributed by atoms with Gasteiger partial charge in [-0.05, 0) is 39.0 Å². The molecule has 2 aromatic rings. The van der Waals surface area contributed by atoms with Crippen LogP contribution in [0.1, 0.15) is 16.5 Å². The summed E-state index contributed by atoms with van der Waals surface area (Å²) >= 11 is 5.04. The molecule has 0 aliphatic rings. The van der Waals surface area contributed by atoms with E-state index in [1.54, 1.807) is 23.7 Å². The molecule has 0 bridgehead atoms. The van der Waals surface area contributed by atoms with Crippen molar-refractivity contribution in [3.63, 3.8) is 0 Å². The zero-order valence-corrected chi connectivity index (χ0v) is 11.0. The van der Waals surface area contributed by atoms with E-state index in [-0.39, 0.29) is 18.4 Å². The second-order valence-electron chi connectivity index (χ2n) is 2.93. The van der Waals surface area contributed by atoms with E-state index < -0.39 is 0 Å². The fourth-order valence-corrected chi connectivity index (χ4v) is 2.37. The molecule has 0 saturated heterocycles. The Bertz CT molecular complexity index is 419. The van der Waals surface area contributed by atoms with Gasteiger partial charge in [0.25, 0.3) is 0 Å². The highest BCUT2D eigenvalue weighted by molar-refractivity contribution is 9.10. The summed E-state index contributed by atoms with van der Waals surface area (Å²) in [5.41, 5.74) is 7.11. The Kier molecular flexibility index (Phi) is 4.73. The second-order valence-corrected chi connectivity index (χ2v) is 4.82. The highest BCUT2D eigenvalue weighted by atomic mass is 79.9. The van der Waals surface area contributed by atoms with Crippen LogP contribution in [-0.2, 0) is 0 Å². The number of hydrogen-bond donors (Lipinski definition) is 1. The average molecular weight is 306 g/mol. The van der Waals surface area contributed by atoms with Crippen LogP contribution in [-0.4, -0.2) is 4.98 Å². The van der Waals surface area contributed by atoms with Crippen LogP contribution < -0.4 is 5.73 Å². The molecule has 2 aromatic heterocycles. The first-order valence-corrected chi connectivity index (χ1v) is 5.84. The van der Waals surface area contributed by atoms with Gasteiger partial charge in [0.2, 0.25) is 0 Å². The van der Waals surface area contributed by atoms with Crippen molar-refractivity contribution in [3.05, 3.63) is 50.9 Å². The Morgan fingerprint density at radius 1 is 1.40 bits per heavy atom. The predicted molar refractivity (Wildman–Crippen MR) is 69.5 cm³/mol. The van der Waals surface area contributed by atoms with E-state index in [0.29, 0.717) is 0 Å². The Morgan fingerprint density at radius 3 is 2.80 bits per heavy atom. The van der Waals surface area contributed by atoms with Gasteiger partial charge in [-0.1, -0.05) is 6.07 Å². The summed E-state index contributed by atoms with van der Waals surface area (Å²) in [6, 6.07) is 5.97. The number of aromatic nitrogens is 1. The molecular weight excluding hydrogens is 296 g/mol. The third-order valence-electron chi connectivity index (χ3n) is 1.93. The SMILES string of the molecule is Cl.N[C@@H](c1cncc(Br)c1)c1cccs1. The normalized spacial score (nSPS) is 11.9. The standard InChI is InChI=1S/C10H9BrN2S.ClH/c11-8-4-7(5-13-6-8)10(12)9-2-1-3-14-9;/h1-6,10H,12H2;1H/t10-;/m0./s1. The minimum Gasteiger partial charge on any atom is -0.320 e. The van der Waals surface area contributed by atoms with Gasteiger partial charge in [-0.3, -0.25) is 4.98 Å². The maximum Gasteiger partial charge on any atom is 0.0661 e. The molecule has 0 radical (unpaired) electrons. The average Bonchev–Trinajstić information content (AvgIpc) is 2.69. The zero-order chi connectivity index (χ0) is 9.97. The number of hydrogen-bond acceptors (Lipinski definition) is 3. The molecule has 0 saturated carbocycles. The molecule has 5 heteroatoms. The maximum absolute atomic E-state index is 6.08. The van der Waals surface area contributed by atoms with Crippen molar-refractivity contribution >= 4 is 39.7 Å². The highest BCUT2D eigenvalue weighted by Crippen LogP contribution is 2.24. The minimum absolute atomic E-state index is 0. The molecule has 80 valence electrons. The zero-order valence-electron chi connectivity index (χ0n) is 7.76. The number of pyridine rings is 1. The number of nitrogens with zero attached hydrogens (tertiary/aromatic N) is 1. The molecule has 15 heavy (non-hydrogen) atoms. The molecule has 0 spiro atoms. The highest BCUT2D eigenvalue weighted by Gasteiger charge is 2.09. The van der Waals surface area contributed by atoms with Gasteiger partial charge >= 0.3 is 0 Å². The fraction of sp³-hybridized carbons (Fsp3) is 0.100. The summed E-state index contributed by atoms with van der Waals surface area (Å²) in [4.78, 5) is 5.25. The van der Waals surface area contributed by atoms with Crippen molar-refractivity contribution in [1.29, 1.82) is 0 Å². The molecule has 1 atom stereocenters. The van der Waals surface area contributed by atoms with Crippen LogP contribution in [0.15, 0.2) is 40.4 Å². The van der Waals surface area contributed by atoms with Crippen molar-refractivity contribution in [3.8, 4) is 0 Å². The van der Waals surface area contributed by atoms with Crippen LogP contribution in [0.2, 0.25) is 0 Å². The smallest absolute Gasteiger partial charge is 0.0661 e. The predicted octanol–water partition coefficient (Wildman–Crippen LogP) is 3.38. The number of rotatable bonds is 2. The van der Waals surface area contributed by atoms with Gasteiger partial charge in [-0.15, -0.1) is 23.7 Å². The lowest BCUT2D eigenvalue weighted by Gasteiger charge is -2.09. The maximum atomic E-state index is 6.08. The summed E-state index contributed by atoms with van der Waals surface area (Å²) in [7, 11) is 0. The minimum atomic E-state index is -0.0694. The number of halogens is 2. The molecule has 0 aliphatic carbocycles. The van der Waals surface area contributed by atoms with E-state index >= 15 is 0 Å². The van der Waals surface area contributed by atoms with Crippen molar-refractivity contribution < 1.29 is 0 Å². The first-order valence-electron chi connectivity index (χ1n) is 4.17. The van der Waals surface area contributed by atoms with Gasteiger partial charge in [0, 0.05) is 21.7 Å². The van der Waals surface area contributed by atoms with Gasteiger partial charge < -0.3 is 5.73 Å². The topological polar surface area (TPSA) is 38.9 Å². The van der Waals surface area contributed by atoms with Gasteiger partial charge in [-0.25, -0.2) is 0 Å². The molecule has 0 amide bonds. The Hall–Kier alpha value is -0.420. The molecule has 0 unspecified atom stereocenters. The summed E-state index contributed by atoms with van der Waals surface area (Å²) in [6.45, 7) is 0. The lowest BCUT2D eigenvalue weighted by molar-refractivity contribution is 0.882. The largest absolute Gasteiger partial charge is 0.320 e. The number of nitrogens with two attached hydrogens (primary N) is 1. The summed E-state index contributed by atoms with van der Waals surface area (Å²) in [5, 5.41) is 2.03. The second kappa shape index (κ2) is 5.61. The van der Waals surface area contributed by atoms with Crippen molar-refractivity contribution in [2.45, 2.75) is 6.04 Å². The third-order valence-corrected chi connectivity index (χ3v) is 3.32. The van der Waals surface area contributed by atoms with Crippen molar-refractivity contribution in [2.24, 2.45) is 5.73 Å². The van der Waals surface area contributed by atoms with Gasteiger partial charge in [0.1, 0.15) is 0 Å². The fourth-order valence-electron chi connectivity index (χ4n) is 1.23. The lowest BCUT2D eigenvalue weighted by Crippen LogP contribution is -2.10. The molecule has 2 N–H and O–H groups in total. The molecule has 2 heterocycles. The van der Waals surface area contributed by atoms with Crippen molar-refractivity contribution in [2.75, 3.05) is 0 Å². The third kappa shape index (κ3) is 3.01. The molecule has 2 nitrogen and oxygen atoms in total. The summed E-state index contributed by atoms with van der Waals surface area (Å²) in [6.07, 6.45) is 3.56. The van der Waals surface area contributed by atoms with E-state index in [2.05, 4.69) is 20.9 Å². The van der Waals surface area contributed by atoms with Gasteiger partial charge in [-0.2, -0.15) is 0 Å². The molecule has 2 rings (SSSR count). The van der Waals surface area contributed by atoms with Crippen LogP contribution in [0.25, 0.3) is 0 Å². The van der Waals surface area contributed by atoms with E-state index in [1.165, 1.54) is 0 Å². The van der Waals surface area contributed by atoms with Crippen LogP contribution in [0, 0.1) is 0 Å². The number of thiophene rings is 1. The Morgan fingerprint density at radius 2 is 2.20 bits per heavy atom. The first-order chi connectivity index (χ1) is 6.77. The monoisotopic (exact) mass is 304 g/mol. The van der Waals surface area contributed by atoms with Crippen LogP contribution >= 0.6 is 39.7 Å². The Balaban J connectivity index is 0.00000112. The van der Waals surface area contributed by atoms with Gasteiger partial charge in [0.15, 0.2) is 0 Å². The van der Waals surface area contributed by atoms with E-state index in [4.69, 9.17) is 5.73 Å². The van der Waals surface area contributed by atoms with E-state index in [9.17, 15) is 0 Å². The molecule has 0 aliphatic heterocycles. The van der Waals surface area contributed by atoms with E-state index in [1.807, 2.05) is 23.6 Å². The Labute approximate surface area is 107 Å². The van der Waals surface area contributed by atoms with E-state index in [0.717, 1.165) is 14.9 Å². The quantitative estimate of drug-likeness (QED) is 0.924. The van der Waals surface area contributed by atoms with Crippen molar-refractivity contribution in [1.82, 2.24) is 4.98 Å². The summed E-state index contributed by atoms with van der Waals surface area (Å²) in [5.74, 6) is 0. The van der Waals surface area contributed by atoms with Crippen LogP contribution in [0.5, 0.6) is 0 Å². The first kappa shape index (κ1) is 12.6. The van der Waals surface area contributed by atoms with Crippen LogP contribution in [0.3, 0.4) is 0 Å². The lowest BCUT2D eigenvalue weighted by atomic mass is 10.1. The summed E-state index contributed by atoms with van der Waals surface area (Å²) < 4.78 is 0.960. The van der Waals surface area contributed by atoms with Crippen LogP contribution in [0.4, 0.5) is 0 Å². The molecular formula is C10H10BrClN2S. The molecule has 0 fully saturated rings.